The Morgan fingerprint density at radius 1 is 0.917 bits per heavy atom. The quantitative estimate of drug-likeness (QED) is 0.845. The predicted octanol–water partition coefficient (Wildman–Crippen LogP) is 3.58. The molecule has 0 saturated carbocycles. The van der Waals surface area contributed by atoms with E-state index in [0.717, 1.165) is 17.5 Å². The maximum Gasteiger partial charge on any atom is 0.269 e. The third kappa shape index (κ3) is 4.69. The summed E-state index contributed by atoms with van der Waals surface area (Å²) in [7, 11) is 0. The van der Waals surface area contributed by atoms with Gasteiger partial charge < -0.3 is 0 Å². The van der Waals surface area contributed by atoms with E-state index in [9.17, 15) is 9.59 Å². The molecule has 0 bridgehead atoms. The Hall–Kier alpha value is -2.62. The van der Waals surface area contributed by atoms with Gasteiger partial charge in [0, 0.05) is 11.1 Å². The molecular weight excluding hydrogens is 300 g/mol. The lowest BCUT2D eigenvalue weighted by atomic mass is 10.0. The van der Waals surface area contributed by atoms with E-state index < -0.39 is 0 Å². The van der Waals surface area contributed by atoms with E-state index in [4.69, 9.17) is 0 Å². The zero-order valence-electron chi connectivity index (χ0n) is 14.6. The van der Waals surface area contributed by atoms with Crippen molar-refractivity contribution >= 4 is 11.8 Å². The van der Waals surface area contributed by atoms with E-state index in [1.807, 2.05) is 38.1 Å². The molecular formula is C20H24N2O2. The van der Waals surface area contributed by atoms with Gasteiger partial charge in [0.2, 0.25) is 0 Å². The largest absolute Gasteiger partial charge is 0.269 e. The van der Waals surface area contributed by atoms with Crippen molar-refractivity contribution in [3.8, 4) is 0 Å². The molecule has 4 nitrogen and oxygen atoms in total. The van der Waals surface area contributed by atoms with Crippen LogP contribution in [0.5, 0.6) is 0 Å². The third-order valence-corrected chi connectivity index (χ3v) is 3.78. The highest BCUT2D eigenvalue weighted by Gasteiger charge is 2.11. The van der Waals surface area contributed by atoms with Crippen molar-refractivity contribution in [3.05, 3.63) is 70.3 Å². The fourth-order valence-electron chi connectivity index (χ4n) is 2.59. The van der Waals surface area contributed by atoms with E-state index >= 15 is 0 Å². The van der Waals surface area contributed by atoms with Gasteiger partial charge in [-0.1, -0.05) is 43.7 Å². The molecule has 126 valence electrons. The van der Waals surface area contributed by atoms with Gasteiger partial charge in [0.1, 0.15) is 0 Å². The first-order valence-electron chi connectivity index (χ1n) is 8.13. The van der Waals surface area contributed by atoms with Crippen molar-refractivity contribution in [3.63, 3.8) is 0 Å². The third-order valence-electron chi connectivity index (χ3n) is 3.78. The Morgan fingerprint density at radius 2 is 1.54 bits per heavy atom. The van der Waals surface area contributed by atoms with Crippen LogP contribution in [0.2, 0.25) is 0 Å². The Morgan fingerprint density at radius 3 is 2.12 bits per heavy atom. The Balaban J connectivity index is 1.96. The van der Waals surface area contributed by atoms with E-state index in [0.29, 0.717) is 17.0 Å². The van der Waals surface area contributed by atoms with Crippen LogP contribution in [0.15, 0.2) is 42.5 Å². The second-order valence-electron chi connectivity index (χ2n) is 6.52. The van der Waals surface area contributed by atoms with Gasteiger partial charge >= 0.3 is 0 Å². The number of nitrogens with one attached hydrogen (secondary N) is 2. The van der Waals surface area contributed by atoms with Crippen LogP contribution in [0.3, 0.4) is 0 Å². The van der Waals surface area contributed by atoms with Gasteiger partial charge in [0.25, 0.3) is 11.8 Å². The summed E-state index contributed by atoms with van der Waals surface area (Å²) in [6.07, 6.45) is 0.978. The molecule has 24 heavy (non-hydrogen) atoms. The fourth-order valence-corrected chi connectivity index (χ4v) is 2.59. The minimum atomic E-state index is -0.329. The summed E-state index contributed by atoms with van der Waals surface area (Å²) >= 11 is 0. The Bertz CT molecular complexity index is 734. The van der Waals surface area contributed by atoms with E-state index in [2.05, 4.69) is 24.7 Å². The summed E-state index contributed by atoms with van der Waals surface area (Å²) in [4.78, 5) is 24.3. The number of rotatable bonds is 4. The second kappa shape index (κ2) is 7.77. The highest BCUT2D eigenvalue weighted by molar-refractivity contribution is 5.99. The maximum atomic E-state index is 12.2. The Labute approximate surface area is 143 Å². The first-order valence-corrected chi connectivity index (χ1v) is 8.13. The molecule has 4 heteroatoms. The topological polar surface area (TPSA) is 58.2 Å². The summed E-state index contributed by atoms with van der Waals surface area (Å²) in [5.74, 6) is -0.0804. The maximum absolute atomic E-state index is 12.2. The van der Waals surface area contributed by atoms with Gasteiger partial charge in [-0.05, 0) is 55.5 Å². The standard InChI is InChI=1S/C20H24N2O2/c1-13(2)11-16-6-8-17(9-7-16)19(23)21-22-20(24)18-10-5-14(3)12-15(18)4/h5-10,12-13H,11H2,1-4H3,(H,21,23)(H,22,24). The molecule has 0 saturated heterocycles. The van der Waals surface area contributed by atoms with Gasteiger partial charge in [0.15, 0.2) is 0 Å². The fraction of sp³-hybridized carbons (Fsp3) is 0.300. The Kier molecular flexibility index (Phi) is 5.74. The monoisotopic (exact) mass is 324 g/mol. The molecule has 0 radical (unpaired) electrons. The van der Waals surface area contributed by atoms with Gasteiger partial charge in [-0.2, -0.15) is 0 Å². The van der Waals surface area contributed by atoms with Gasteiger partial charge in [-0.3, -0.25) is 20.4 Å². The van der Waals surface area contributed by atoms with Crippen molar-refractivity contribution in [2.75, 3.05) is 0 Å². The molecule has 0 heterocycles. The molecule has 0 aromatic heterocycles. The molecule has 2 rings (SSSR count). The van der Waals surface area contributed by atoms with Gasteiger partial charge in [0.05, 0.1) is 0 Å². The normalized spacial score (nSPS) is 10.5. The van der Waals surface area contributed by atoms with Crippen LogP contribution in [-0.4, -0.2) is 11.8 Å². The smallest absolute Gasteiger partial charge is 0.267 e. The average Bonchev–Trinajstić information content (AvgIpc) is 2.52. The number of benzene rings is 2. The molecule has 2 amide bonds. The summed E-state index contributed by atoms with van der Waals surface area (Å²) < 4.78 is 0. The van der Waals surface area contributed by atoms with Crippen molar-refractivity contribution in [2.24, 2.45) is 5.92 Å². The molecule has 0 aliphatic rings. The minimum absolute atomic E-state index is 0.322. The summed E-state index contributed by atoms with van der Waals surface area (Å²) in [5.41, 5.74) is 9.16. The minimum Gasteiger partial charge on any atom is -0.267 e. The lowest BCUT2D eigenvalue weighted by Crippen LogP contribution is -2.41. The van der Waals surface area contributed by atoms with E-state index in [1.165, 1.54) is 5.56 Å². The van der Waals surface area contributed by atoms with Crippen molar-refractivity contribution in [2.45, 2.75) is 34.1 Å². The SMILES string of the molecule is Cc1ccc(C(=O)NNC(=O)c2ccc(CC(C)C)cc2)c(C)c1. The molecule has 0 fully saturated rings. The van der Waals surface area contributed by atoms with Crippen LogP contribution in [-0.2, 0) is 6.42 Å². The summed E-state index contributed by atoms with van der Waals surface area (Å²) in [6, 6.07) is 13.0. The highest BCUT2D eigenvalue weighted by atomic mass is 16.2. The van der Waals surface area contributed by atoms with Gasteiger partial charge in [-0.25, -0.2) is 0 Å². The lowest BCUT2D eigenvalue weighted by molar-refractivity contribution is 0.0846. The molecule has 0 atom stereocenters. The molecule has 2 N–H and O–H groups in total. The predicted molar refractivity (Wildman–Crippen MR) is 95.8 cm³/mol. The molecule has 0 spiro atoms. The number of amides is 2. The average molecular weight is 324 g/mol. The summed E-state index contributed by atoms with van der Waals surface area (Å²) in [6.45, 7) is 8.16. The van der Waals surface area contributed by atoms with Crippen LogP contribution < -0.4 is 10.9 Å². The lowest BCUT2D eigenvalue weighted by Gasteiger charge is -2.10. The number of hydrogen-bond acceptors (Lipinski definition) is 2. The number of aryl methyl sites for hydroxylation is 2. The first-order chi connectivity index (χ1) is 11.4. The summed E-state index contributed by atoms with van der Waals surface area (Å²) in [5, 5.41) is 0. The molecule has 0 aliphatic carbocycles. The zero-order valence-corrected chi connectivity index (χ0v) is 14.6. The van der Waals surface area contributed by atoms with Crippen LogP contribution in [0.1, 0.15) is 51.3 Å². The number of carbonyl (C=O) groups is 2. The number of hydrogen-bond donors (Lipinski definition) is 2. The van der Waals surface area contributed by atoms with E-state index in [1.54, 1.807) is 18.2 Å². The molecule has 2 aromatic carbocycles. The first kappa shape index (κ1) is 17.7. The molecule has 0 aliphatic heterocycles. The van der Waals surface area contributed by atoms with Crippen molar-refractivity contribution in [1.29, 1.82) is 0 Å². The van der Waals surface area contributed by atoms with Crippen LogP contribution in [0, 0.1) is 19.8 Å². The number of carbonyl (C=O) groups excluding carboxylic acids is 2. The van der Waals surface area contributed by atoms with Crippen molar-refractivity contribution in [1.82, 2.24) is 10.9 Å². The van der Waals surface area contributed by atoms with E-state index in [-0.39, 0.29) is 11.8 Å². The highest BCUT2D eigenvalue weighted by Crippen LogP contribution is 2.11. The van der Waals surface area contributed by atoms with Crippen molar-refractivity contribution < 1.29 is 9.59 Å². The van der Waals surface area contributed by atoms with Crippen LogP contribution in [0.25, 0.3) is 0 Å². The van der Waals surface area contributed by atoms with Crippen LogP contribution >= 0.6 is 0 Å². The zero-order chi connectivity index (χ0) is 17.7. The number of hydrazine groups is 1. The van der Waals surface area contributed by atoms with Gasteiger partial charge in [-0.15, -0.1) is 0 Å². The second-order valence-corrected chi connectivity index (χ2v) is 6.52. The molecule has 2 aromatic rings. The van der Waals surface area contributed by atoms with Crippen LogP contribution in [0.4, 0.5) is 0 Å². The molecule has 0 unspecified atom stereocenters.